The first-order valence-electron chi connectivity index (χ1n) is 12.9. The van der Waals surface area contributed by atoms with Gasteiger partial charge in [-0.15, -0.1) is 5.10 Å². The summed E-state index contributed by atoms with van der Waals surface area (Å²) < 4.78 is 1.76. The number of benzene rings is 2. The van der Waals surface area contributed by atoms with Crippen molar-refractivity contribution in [3.05, 3.63) is 82.7 Å². The standard InChI is InChI=1S/C29H32ClN7O2S/c1-6-8-23(9-7-2)36-17-31-27(35-36)22-13-11-21(12-14-22)20(5)33-34-28(39)32-29-37(25(38)16-40-29)26-19(4)18(3)10-15-24(26)30/h6,8-15,17,20,33H,7,16H2,1-5H3,(H,34,39)/b8-6-,23-9+,32-29?. The molecule has 4 rings (SSSR count). The van der Waals surface area contributed by atoms with Crippen molar-refractivity contribution in [3.63, 3.8) is 0 Å². The molecular weight excluding hydrogens is 546 g/mol. The number of thioether (sulfide) groups is 1. The first kappa shape index (κ1) is 29.3. The van der Waals surface area contributed by atoms with Gasteiger partial charge in [-0.25, -0.2) is 19.9 Å². The van der Waals surface area contributed by atoms with Crippen molar-refractivity contribution in [2.45, 2.75) is 47.1 Å². The van der Waals surface area contributed by atoms with Gasteiger partial charge in [0.05, 0.1) is 22.2 Å². The number of amidine groups is 1. The molecule has 0 aliphatic carbocycles. The number of nitrogens with one attached hydrogen (secondary N) is 2. The van der Waals surface area contributed by atoms with Crippen LogP contribution in [0.25, 0.3) is 17.1 Å². The number of nitrogens with zero attached hydrogens (tertiary/aromatic N) is 5. The Balaban J connectivity index is 1.41. The summed E-state index contributed by atoms with van der Waals surface area (Å²) in [6, 6.07) is 10.6. The van der Waals surface area contributed by atoms with Crippen LogP contribution in [0.5, 0.6) is 0 Å². The summed E-state index contributed by atoms with van der Waals surface area (Å²) in [5, 5.41) is 5.33. The lowest BCUT2D eigenvalue weighted by atomic mass is 10.1. The van der Waals surface area contributed by atoms with Crippen LogP contribution in [0.4, 0.5) is 10.5 Å². The minimum Gasteiger partial charge on any atom is -0.273 e. The molecule has 1 fully saturated rings. The summed E-state index contributed by atoms with van der Waals surface area (Å²) in [7, 11) is 0. The Bertz CT molecular complexity index is 1490. The number of aryl methyl sites for hydroxylation is 1. The lowest BCUT2D eigenvalue weighted by Gasteiger charge is -2.21. The van der Waals surface area contributed by atoms with Gasteiger partial charge < -0.3 is 0 Å². The molecule has 0 saturated carbocycles. The molecule has 1 unspecified atom stereocenters. The predicted octanol–water partition coefficient (Wildman–Crippen LogP) is 6.45. The second kappa shape index (κ2) is 13.1. The Morgan fingerprint density at radius 3 is 2.67 bits per heavy atom. The van der Waals surface area contributed by atoms with E-state index in [0.717, 1.165) is 34.4 Å². The van der Waals surface area contributed by atoms with E-state index in [1.807, 2.05) is 70.2 Å². The Morgan fingerprint density at radius 2 is 1.98 bits per heavy atom. The van der Waals surface area contributed by atoms with E-state index in [4.69, 9.17) is 11.6 Å². The number of anilines is 1. The number of carbonyl (C=O) groups is 2. The van der Waals surface area contributed by atoms with Gasteiger partial charge in [0, 0.05) is 11.6 Å². The van der Waals surface area contributed by atoms with E-state index in [0.29, 0.717) is 16.5 Å². The largest absolute Gasteiger partial charge is 0.357 e. The zero-order valence-corrected chi connectivity index (χ0v) is 24.7. The van der Waals surface area contributed by atoms with Gasteiger partial charge in [0.2, 0.25) is 5.91 Å². The van der Waals surface area contributed by atoms with Crippen LogP contribution < -0.4 is 15.8 Å². The number of carbonyl (C=O) groups excluding carboxylic acids is 2. The van der Waals surface area contributed by atoms with Crippen molar-refractivity contribution in [2.24, 2.45) is 4.99 Å². The van der Waals surface area contributed by atoms with Gasteiger partial charge in [-0.05, 0) is 62.9 Å². The molecule has 40 heavy (non-hydrogen) atoms. The average Bonchev–Trinajstić information content (AvgIpc) is 3.57. The Hall–Kier alpha value is -3.73. The van der Waals surface area contributed by atoms with E-state index in [9.17, 15) is 9.59 Å². The Morgan fingerprint density at radius 1 is 1.23 bits per heavy atom. The second-order valence-electron chi connectivity index (χ2n) is 9.22. The first-order chi connectivity index (χ1) is 19.2. The highest BCUT2D eigenvalue weighted by atomic mass is 35.5. The fourth-order valence-corrected chi connectivity index (χ4v) is 5.27. The molecule has 1 atom stereocenters. The zero-order valence-electron chi connectivity index (χ0n) is 23.1. The van der Waals surface area contributed by atoms with E-state index in [1.165, 1.54) is 16.7 Å². The third-order valence-corrected chi connectivity index (χ3v) is 7.64. The van der Waals surface area contributed by atoms with Gasteiger partial charge >= 0.3 is 6.03 Å². The average molecular weight is 578 g/mol. The van der Waals surface area contributed by atoms with Crippen LogP contribution >= 0.6 is 23.4 Å². The number of amides is 3. The maximum atomic E-state index is 12.7. The van der Waals surface area contributed by atoms with Crippen LogP contribution in [0.1, 0.15) is 49.9 Å². The van der Waals surface area contributed by atoms with Gasteiger partial charge in [0.25, 0.3) is 0 Å². The minimum atomic E-state index is -0.612. The summed E-state index contributed by atoms with van der Waals surface area (Å²) >= 11 is 7.63. The molecule has 2 heterocycles. The van der Waals surface area contributed by atoms with E-state index < -0.39 is 6.03 Å². The monoisotopic (exact) mass is 577 g/mol. The molecule has 0 bridgehead atoms. The number of halogens is 1. The van der Waals surface area contributed by atoms with Crippen LogP contribution in [0.15, 0.2) is 65.9 Å². The molecule has 2 aromatic carbocycles. The number of aliphatic imine (C=N–C) groups is 1. The molecule has 1 aromatic heterocycles. The van der Waals surface area contributed by atoms with Crippen LogP contribution in [-0.4, -0.2) is 37.6 Å². The van der Waals surface area contributed by atoms with Gasteiger partial charge in [-0.2, -0.15) is 4.99 Å². The summed E-state index contributed by atoms with van der Waals surface area (Å²) in [6.45, 7) is 9.81. The molecule has 1 aliphatic rings. The van der Waals surface area contributed by atoms with Crippen molar-refractivity contribution >= 4 is 51.9 Å². The summed E-state index contributed by atoms with van der Waals surface area (Å²) in [4.78, 5) is 35.4. The van der Waals surface area contributed by atoms with Crippen molar-refractivity contribution in [3.8, 4) is 11.4 Å². The molecular formula is C29H32ClN7O2S. The lowest BCUT2D eigenvalue weighted by Crippen LogP contribution is -2.39. The number of hydrogen-bond acceptors (Lipinski definition) is 6. The number of urea groups is 1. The Labute approximate surface area is 243 Å². The van der Waals surface area contributed by atoms with Crippen molar-refractivity contribution in [2.75, 3.05) is 10.7 Å². The van der Waals surface area contributed by atoms with E-state index >= 15 is 0 Å². The number of aromatic nitrogens is 3. The quantitative estimate of drug-likeness (QED) is 0.235. The van der Waals surface area contributed by atoms with E-state index in [-0.39, 0.29) is 22.9 Å². The van der Waals surface area contributed by atoms with Crippen LogP contribution in [0.3, 0.4) is 0 Å². The minimum absolute atomic E-state index is 0.174. The molecule has 1 aliphatic heterocycles. The fraction of sp³-hybridized carbons (Fsp3) is 0.276. The number of allylic oxidation sites excluding steroid dienone is 4. The second-order valence-corrected chi connectivity index (χ2v) is 10.6. The highest BCUT2D eigenvalue weighted by molar-refractivity contribution is 8.15. The number of rotatable bonds is 8. The molecule has 0 spiro atoms. The van der Waals surface area contributed by atoms with Crippen LogP contribution in [-0.2, 0) is 4.79 Å². The smallest absolute Gasteiger partial charge is 0.273 e. The summed E-state index contributed by atoms with van der Waals surface area (Å²) in [5.74, 6) is 0.636. The lowest BCUT2D eigenvalue weighted by molar-refractivity contribution is -0.115. The molecule has 3 aromatic rings. The normalized spacial score (nSPS) is 15.8. The molecule has 208 valence electrons. The van der Waals surface area contributed by atoms with Crippen LogP contribution in [0.2, 0.25) is 5.02 Å². The molecule has 2 N–H and O–H groups in total. The van der Waals surface area contributed by atoms with E-state index in [1.54, 1.807) is 17.1 Å². The number of hydrogen-bond donors (Lipinski definition) is 2. The van der Waals surface area contributed by atoms with Gasteiger partial charge in [-0.1, -0.05) is 72.8 Å². The maximum Gasteiger partial charge on any atom is 0.357 e. The Kier molecular flexibility index (Phi) is 9.57. The molecule has 3 amide bonds. The fourth-order valence-electron chi connectivity index (χ4n) is 4.13. The van der Waals surface area contributed by atoms with Gasteiger partial charge in [0.15, 0.2) is 11.0 Å². The highest BCUT2D eigenvalue weighted by Crippen LogP contribution is 2.36. The number of hydrazine groups is 1. The molecule has 11 heteroatoms. The zero-order chi connectivity index (χ0) is 28.8. The van der Waals surface area contributed by atoms with Crippen molar-refractivity contribution in [1.82, 2.24) is 25.6 Å². The SMILES string of the molecule is C/C=C\C(=C/CC)n1cnc(-c2ccc(C(C)NNC(=O)N=C3SCC(=O)N3c3c(Cl)ccc(C)c3C)cc2)n1. The summed E-state index contributed by atoms with van der Waals surface area (Å²) in [6.07, 6.45) is 8.66. The highest BCUT2D eigenvalue weighted by Gasteiger charge is 2.33. The van der Waals surface area contributed by atoms with Gasteiger partial charge in [-0.3, -0.25) is 15.1 Å². The third kappa shape index (κ3) is 6.52. The predicted molar refractivity (Wildman–Crippen MR) is 163 cm³/mol. The van der Waals surface area contributed by atoms with E-state index in [2.05, 4.69) is 38.9 Å². The summed E-state index contributed by atoms with van der Waals surface area (Å²) in [5.41, 5.74) is 10.8. The van der Waals surface area contributed by atoms with Gasteiger partial charge in [0.1, 0.15) is 6.33 Å². The molecule has 1 saturated heterocycles. The molecule has 0 radical (unpaired) electrons. The van der Waals surface area contributed by atoms with Crippen molar-refractivity contribution < 1.29 is 9.59 Å². The third-order valence-electron chi connectivity index (χ3n) is 6.41. The van der Waals surface area contributed by atoms with Crippen molar-refractivity contribution in [1.29, 1.82) is 0 Å². The maximum absolute atomic E-state index is 12.7. The topological polar surface area (TPSA) is 105 Å². The molecule has 9 nitrogen and oxygen atoms in total. The first-order valence-corrected chi connectivity index (χ1v) is 14.3. The van der Waals surface area contributed by atoms with Crippen LogP contribution in [0, 0.1) is 13.8 Å².